The minimum atomic E-state index is -1.03. The third-order valence-corrected chi connectivity index (χ3v) is 3.55. The van der Waals surface area contributed by atoms with E-state index in [2.05, 4.69) is 5.32 Å². The molecule has 0 aromatic heterocycles. The van der Waals surface area contributed by atoms with Crippen LogP contribution in [0, 0.1) is 0 Å². The molecule has 0 unspecified atom stereocenters. The van der Waals surface area contributed by atoms with Crippen LogP contribution in [0.4, 0.5) is 5.69 Å². The summed E-state index contributed by atoms with van der Waals surface area (Å²) in [6.07, 6.45) is 1.76. The van der Waals surface area contributed by atoms with Crippen LogP contribution >= 0.6 is 11.6 Å². The van der Waals surface area contributed by atoms with Gasteiger partial charge < -0.3 is 15.2 Å². The highest BCUT2D eigenvalue weighted by atomic mass is 35.5. The van der Waals surface area contributed by atoms with Crippen LogP contribution < -0.4 is 10.1 Å². The van der Waals surface area contributed by atoms with Gasteiger partial charge in [0.15, 0.2) is 6.61 Å². The summed E-state index contributed by atoms with van der Waals surface area (Å²) in [6.45, 7) is -0.392. The number of benzene rings is 2. The average molecular weight is 330 g/mol. The molecule has 1 aliphatic rings. The van der Waals surface area contributed by atoms with E-state index in [0.717, 1.165) is 11.1 Å². The predicted molar refractivity (Wildman–Crippen MR) is 87.5 cm³/mol. The molecule has 2 aromatic carbocycles. The fraction of sp³-hybridized carbons (Fsp3) is 0.0588. The van der Waals surface area contributed by atoms with E-state index in [0.29, 0.717) is 22.0 Å². The number of hydrogen-bond acceptors (Lipinski definition) is 3. The SMILES string of the molecule is O=C(O)COc1ccc(C=C2C(=O)Nc3cc(Cl)ccc32)cc1. The molecule has 0 radical (unpaired) electrons. The molecule has 5 nitrogen and oxygen atoms in total. The Morgan fingerprint density at radius 2 is 1.96 bits per heavy atom. The van der Waals surface area contributed by atoms with Crippen molar-refractivity contribution in [3.63, 3.8) is 0 Å². The number of carbonyl (C=O) groups is 2. The maximum absolute atomic E-state index is 12.1. The van der Waals surface area contributed by atoms with Gasteiger partial charge in [0.1, 0.15) is 5.75 Å². The Morgan fingerprint density at radius 1 is 1.22 bits per heavy atom. The molecule has 23 heavy (non-hydrogen) atoms. The summed E-state index contributed by atoms with van der Waals surface area (Å²) in [7, 11) is 0. The number of halogens is 1. The summed E-state index contributed by atoms with van der Waals surface area (Å²) in [5.74, 6) is -0.764. The smallest absolute Gasteiger partial charge is 0.341 e. The van der Waals surface area contributed by atoms with Gasteiger partial charge in [-0.15, -0.1) is 0 Å². The lowest BCUT2D eigenvalue weighted by molar-refractivity contribution is -0.139. The molecular weight excluding hydrogens is 318 g/mol. The molecule has 1 heterocycles. The minimum Gasteiger partial charge on any atom is -0.482 e. The van der Waals surface area contributed by atoms with Gasteiger partial charge >= 0.3 is 5.97 Å². The lowest BCUT2D eigenvalue weighted by Gasteiger charge is -2.03. The number of amides is 1. The van der Waals surface area contributed by atoms with Crippen molar-refractivity contribution in [3.05, 3.63) is 58.6 Å². The van der Waals surface area contributed by atoms with Gasteiger partial charge in [-0.25, -0.2) is 4.79 Å². The molecule has 2 N–H and O–H groups in total. The average Bonchev–Trinajstić information content (AvgIpc) is 2.81. The topological polar surface area (TPSA) is 75.6 Å². The van der Waals surface area contributed by atoms with E-state index in [1.807, 2.05) is 0 Å². The van der Waals surface area contributed by atoms with Gasteiger partial charge in [0.2, 0.25) is 0 Å². The molecular formula is C17H12ClNO4. The first-order valence-corrected chi connectivity index (χ1v) is 7.18. The van der Waals surface area contributed by atoms with Crippen LogP contribution in [0.25, 0.3) is 11.6 Å². The van der Waals surface area contributed by atoms with Crippen LogP contribution in [-0.4, -0.2) is 23.6 Å². The van der Waals surface area contributed by atoms with Crippen LogP contribution in [0.1, 0.15) is 11.1 Å². The number of rotatable bonds is 4. The van der Waals surface area contributed by atoms with Gasteiger partial charge in [0.05, 0.1) is 5.69 Å². The number of fused-ring (bicyclic) bond motifs is 1. The third kappa shape index (κ3) is 3.35. The molecule has 1 aliphatic heterocycles. The van der Waals surface area contributed by atoms with Crippen LogP contribution in [0.3, 0.4) is 0 Å². The summed E-state index contributed by atoms with van der Waals surface area (Å²) >= 11 is 5.92. The van der Waals surface area contributed by atoms with Crippen LogP contribution in [0.5, 0.6) is 5.75 Å². The minimum absolute atomic E-state index is 0.187. The van der Waals surface area contributed by atoms with Crippen molar-refractivity contribution in [2.75, 3.05) is 11.9 Å². The Hall–Kier alpha value is -2.79. The Balaban J connectivity index is 1.85. The quantitative estimate of drug-likeness (QED) is 0.844. The molecule has 6 heteroatoms. The van der Waals surface area contributed by atoms with Crippen LogP contribution in [0.2, 0.25) is 5.02 Å². The van der Waals surface area contributed by atoms with Crippen molar-refractivity contribution in [1.29, 1.82) is 0 Å². The molecule has 0 aliphatic carbocycles. The number of nitrogens with one attached hydrogen (secondary N) is 1. The summed E-state index contributed by atoms with van der Waals surface area (Å²) in [5.41, 5.74) is 2.84. The second-order valence-corrected chi connectivity index (χ2v) is 5.39. The maximum atomic E-state index is 12.1. The van der Waals surface area contributed by atoms with Gasteiger partial charge in [0, 0.05) is 16.2 Å². The normalized spacial score (nSPS) is 14.5. The first-order chi connectivity index (χ1) is 11.0. The zero-order valence-corrected chi connectivity index (χ0v) is 12.6. The van der Waals surface area contributed by atoms with Crippen molar-refractivity contribution in [3.8, 4) is 5.75 Å². The molecule has 0 fully saturated rings. The summed E-state index contributed by atoms with van der Waals surface area (Å²) in [4.78, 5) is 22.5. The Morgan fingerprint density at radius 3 is 2.65 bits per heavy atom. The van der Waals surface area contributed by atoms with Crippen molar-refractivity contribution in [1.82, 2.24) is 0 Å². The molecule has 0 saturated carbocycles. The van der Waals surface area contributed by atoms with Gasteiger partial charge in [-0.1, -0.05) is 29.8 Å². The molecule has 116 valence electrons. The molecule has 0 atom stereocenters. The van der Waals surface area contributed by atoms with E-state index in [1.165, 1.54) is 0 Å². The van der Waals surface area contributed by atoms with E-state index in [9.17, 15) is 9.59 Å². The second-order valence-electron chi connectivity index (χ2n) is 4.95. The highest BCUT2D eigenvalue weighted by Gasteiger charge is 2.23. The van der Waals surface area contributed by atoms with Gasteiger partial charge in [-0.05, 0) is 35.9 Å². The molecule has 3 rings (SSSR count). The van der Waals surface area contributed by atoms with Crippen molar-refractivity contribution in [2.24, 2.45) is 0 Å². The summed E-state index contributed by atoms with van der Waals surface area (Å²) in [5, 5.41) is 11.9. The van der Waals surface area contributed by atoms with Gasteiger partial charge in [-0.3, -0.25) is 4.79 Å². The summed E-state index contributed by atoms with van der Waals surface area (Å²) in [6, 6.07) is 12.1. The highest BCUT2D eigenvalue weighted by Crippen LogP contribution is 2.34. The van der Waals surface area contributed by atoms with E-state index >= 15 is 0 Å². The molecule has 1 amide bonds. The molecule has 2 aromatic rings. The monoisotopic (exact) mass is 329 g/mol. The Labute approximate surface area is 137 Å². The number of aliphatic carboxylic acids is 1. The number of carboxylic acid groups (broad SMARTS) is 1. The summed E-state index contributed by atoms with van der Waals surface area (Å²) < 4.78 is 5.07. The zero-order chi connectivity index (χ0) is 16.4. The fourth-order valence-corrected chi connectivity index (χ4v) is 2.45. The third-order valence-electron chi connectivity index (χ3n) is 3.32. The number of anilines is 1. The lowest BCUT2D eigenvalue weighted by atomic mass is 10.0. The van der Waals surface area contributed by atoms with E-state index < -0.39 is 12.6 Å². The Kier molecular flexibility index (Phi) is 4.04. The first-order valence-electron chi connectivity index (χ1n) is 6.80. The lowest BCUT2D eigenvalue weighted by Crippen LogP contribution is -2.09. The van der Waals surface area contributed by atoms with Crippen molar-refractivity contribution in [2.45, 2.75) is 0 Å². The Bertz CT molecular complexity index is 812. The van der Waals surface area contributed by atoms with E-state index in [4.69, 9.17) is 21.4 Å². The largest absolute Gasteiger partial charge is 0.482 e. The highest BCUT2D eigenvalue weighted by molar-refractivity contribution is 6.36. The molecule has 0 saturated heterocycles. The van der Waals surface area contributed by atoms with Crippen LogP contribution in [0.15, 0.2) is 42.5 Å². The number of ether oxygens (including phenoxy) is 1. The fourth-order valence-electron chi connectivity index (χ4n) is 2.28. The van der Waals surface area contributed by atoms with Crippen LogP contribution in [-0.2, 0) is 9.59 Å². The number of carboxylic acids is 1. The molecule has 0 spiro atoms. The predicted octanol–water partition coefficient (Wildman–Crippen LogP) is 3.30. The number of carbonyl (C=O) groups excluding carboxylic acids is 1. The van der Waals surface area contributed by atoms with E-state index in [1.54, 1.807) is 48.5 Å². The van der Waals surface area contributed by atoms with Crippen molar-refractivity contribution >= 4 is 40.8 Å². The second kappa shape index (κ2) is 6.14. The molecule has 0 bridgehead atoms. The van der Waals surface area contributed by atoms with Crippen molar-refractivity contribution < 1.29 is 19.4 Å². The van der Waals surface area contributed by atoms with Gasteiger partial charge in [-0.2, -0.15) is 0 Å². The maximum Gasteiger partial charge on any atom is 0.341 e. The first kappa shape index (κ1) is 15.1. The van der Waals surface area contributed by atoms with E-state index in [-0.39, 0.29) is 5.91 Å². The number of hydrogen-bond donors (Lipinski definition) is 2. The zero-order valence-electron chi connectivity index (χ0n) is 11.9. The standard InChI is InChI=1S/C17H12ClNO4/c18-11-3-6-13-14(17(22)19-15(13)8-11)7-10-1-4-12(5-2-10)23-9-16(20)21/h1-8H,9H2,(H,19,22)(H,20,21). The van der Waals surface area contributed by atoms with Gasteiger partial charge in [0.25, 0.3) is 5.91 Å².